The smallest absolute Gasteiger partial charge is 0.145 e. The topological polar surface area (TPSA) is 43.3 Å². The molecule has 0 bridgehead atoms. The number of nitrogens with zero attached hydrogens (tertiary/aromatic N) is 3. The van der Waals surface area contributed by atoms with Crippen molar-refractivity contribution in [2.45, 2.75) is 0 Å². The van der Waals surface area contributed by atoms with Gasteiger partial charge in [0.1, 0.15) is 11.2 Å². The Morgan fingerprint density at radius 2 is 1.43 bits per heavy atom. The minimum Gasteiger partial charge on any atom is -0.455 e. The zero-order chi connectivity index (χ0) is 19.4. The molecule has 0 N–H and O–H groups in total. The first-order valence-electron chi connectivity index (χ1n) is 10.00. The van der Waals surface area contributed by atoms with Crippen LogP contribution in [0.5, 0.6) is 0 Å². The molecule has 0 fully saturated rings. The molecule has 0 aliphatic heterocycles. The lowest BCUT2D eigenvalue weighted by molar-refractivity contribution is 0.666. The van der Waals surface area contributed by atoms with Gasteiger partial charge in [0.05, 0.1) is 34.3 Å². The summed E-state index contributed by atoms with van der Waals surface area (Å²) in [6.45, 7) is 0. The Bertz CT molecular complexity index is 1950. The molecule has 0 radical (unpaired) electrons. The predicted octanol–water partition coefficient (Wildman–Crippen LogP) is 6.68. The molecule has 0 amide bonds. The van der Waals surface area contributed by atoms with Crippen molar-refractivity contribution in [2.24, 2.45) is 0 Å². The van der Waals surface area contributed by atoms with Gasteiger partial charge in [0.2, 0.25) is 0 Å². The van der Waals surface area contributed by atoms with Gasteiger partial charge in [-0.3, -0.25) is 9.97 Å². The fourth-order valence-electron chi connectivity index (χ4n) is 5.31. The van der Waals surface area contributed by atoms with Crippen LogP contribution in [-0.4, -0.2) is 14.4 Å². The summed E-state index contributed by atoms with van der Waals surface area (Å²) < 4.78 is 8.89. The van der Waals surface area contributed by atoms with Crippen LogP contribution in [0.2, 0.25) is 0 Å². The lowest BCUT2D eigenvalue weighted by Gasteiger charge is -2.10. The number of pyridine rings is 2. The highest BCUT2D eigenvalue weighted by Gasteiger charge is 2.22. The van der Waals surface area contributed by atoms with Crippen molar-refractivity contribution >= 4 is 70.8 Å². The summed E-state index contributed by atoms with van der Waals surface area (Å²) in [4.78, 5) is 8.81. The van der Waals surface area contributed by atoms with Crippen LogP contribution in [0.1, 0.15) is 0 Å². The van der Waals surface area contributed by atoms with Crippen molar-refractivity contribution in [3.05, 3.63) is 79.4 Å². The van der Waals surface area contributed by atoms with Crippen LogP contribution in [0.25, 0.3) is 70.8 Å². The normalized spacial score (nSPS) is 12.7. The first-order chi connectivity index (χ1) is 14.9. The molecule has 138 valence electrons. The van der Waals surface area contributed by atoms with E-state index < -0.39 is 0 Å². The minimum absolute atomic E-state index is 0.915. The molecule has 4 nitrogen and oxygen atoms in total. The molecule has 8 aromatic rings. The maximum absolute atomic E-state index is 6.62. The zero-order valence-electron chi connectivity index (χ0n) is 15.8. The number of rotatable bonds is 0. The Morgan fingerprint density at radius 3 is 2.30 bits per heavy atom. The summed E-state index contributed by atoms with van der Waals surface area (Å²) in [6.07, 6.45) is 7.60. The Kier molecular flexibility index (Phi) is 2.39. The van der Waals surface area contributed by atoms with Crippen LogP contribution in [0, 0.1) is 0 Å². The van der Waals surface area contributed by atoms with E-state index in [1.807, 2.05) is 24.8 Å². The van der Waals surface area contributed by atoms with Crippen molar-refractivity contribution in [3.8, 4) is 0 Å². The van der Waals surface area contributed by atoms with Gasteiger partial charge in [0, 0.05) is 39.3 Å². The van der Waals surface area contributed by atoms with Gasteiger partial charge in [0.25, 0.3) is 0 Å². The first-order valence-corrected chi connectivity index (χ1v) is 10.00. The molecule has 0 saturated heterocycles. The quantitative estimate of drug-likeness (QED) is 0.217. The number of benzene rings is 3. The molecule has 0 atom stereocenters. The van der Waals surface area contributed by atoms with E-state index in [1.165, 1.54) is 32.4 Å². The van der Waals surface area contributed by atoms with E-state index in [0.717, 1.165) is 38.4 Å². The molecule has 0 aliphatic carbocycles. The van der Waals surface area contributed by atoms with E-state index in [9.17, 15) is 0 Å². The molecule has 4 heteroatoms. The van der Waals surface area contributed by atoms with Crippen molar-refractivity contribution in [1.29, 1.82) is 0 Å². The van der Waals surface area contributed by atoms with Crippen LogP contribution in [0.3, 0.4) is 0 Å². The van der Waals surface area contributed by atoms with Gasteiger partial charge in [-0.1, -0.05) is 30.3 Å². The highest BCUT2D eigenvalue weighted by molar-refractivity contribution is 6.33. The van der Waals surface area contributed by atoms with Crippen molar-refractivity contribution in [2.75, 3.05) is 0 Å². The standard InChI is InChI=1S/C26H13N3O/c1-3-14-4-2-6-22-23(14)16(5-1)19-11-18-15-7-9-27-12-20(15)29-21-13-28-10-8-17(21)24(25(18)29)26(19)30-22/h1-13H. The Morgan fingerprint density at radius 1 is 0.667 bits per heavy atom. The highest BCUT2D eigenvalue weighted by Crippen LogP contribution is 2.45. The van der Waals surface area contributed by atoms with Crippen LogP contribution in [-0.2, 0) is 0 Å². The number of aromatic nitrogens is 3. The molecule has 3 aromatic carbocycles. The van der Waals surface area contributed by atoms with E-state index in [0.29, 0.717) is 0 Å². The second-order valence-corrected chi connectivity index (χ2v) is 7.91. The van der Waals surface area contributed by atoms with Gasteiger partial charge in [-0.05, 0) is 35.0 Å². The SMILES string of the molecule is c1cc2cccc3c4cc5c6ccncc6n6c7cnccc7c(c4oc(c1)c23)c56. The van der Waals surface area contributed by atoms with Gasteiger partial charge in [-0.25, -0.2) is 0 Å². The minimum atomic E-state index is 0.915. The third-order valence-corrected chi connectivity index (χ3v) is 6.49. The highest BCUT2D eigenvalue weighted by atomic mass is 16.3. The lowest BCUT2D eigenvalue weighted by Crippen LogP contribution is -1.84. The van der Waals surface area contributed by atoms with Crippen molar-refractivity contribution < 1.29 is 4.42 Å². The maximum Gasteiger partial charge on any atom is 0.145 e. The molecule has 0 saturated carbocycles. The van der Waals surface area contributed by atoms with Gasteiger partial charge in [0.15, 0.2) is 0 Å². The van der Waals surface area contributed by atoms with Gasteiger partial charge in [-0.15, -0.1) is 0 Å². The molecule has 0 unspecified atom stereocenters. The lowest BCUT2D eigenvalue weighted by atomic mass is 9.98. The first kappa shape index (κ1) is 14.8. The third-order valence-electron chi connectivity index (χ3n) is 6.49. The number of fused-ring (bicyclic) bond motifs is 9. The summed E-state index contributed by atoms with van der Waals surface area (Å²) in [5.74, 6) is 0. The molecule has 30 heavy (non-hydrogen) atoms. The monoisotopic (exact) mass is 383 g/mol. The van der Waals surface area contributed by atoms with Gasteiger partial charge < -0.3 is 8.82 Å². The average Bonchev–Trinajstić information content (AvgIpc) is 3.31. The van der Waals surface area contributed by atoms with Gasteiger partial charge in [-0.2, -0.15) is 0 Å². The second kappa shape index (κ2) is 4.86. The summed E-state index contributed by atoms with van der Waals surface area (Å²) >= 11 is 0. The summed E-state index contributed by atoms with van der Waals surface area (Å²) in [5.41, 5.74) is 5.19. The van der Waals surface area contributed by atoms with E-state index in [-0.39, 0.29) is 0 Å². The Labute approximate surface area is 169 Å². The fourth-order valence-corrected chi connectivity index (χ4v) is 5.31. The molecule has 0 aliphatic rings. The summed E-state index contributed by atoms with van der Waals surface area (Å²) in [6, 6.07) is 19.2. The molecule has 5 aromatic heterocycles. The van der Waals surface area contributed by atoms with Gasteiger partial charge >= 0.3 is 0 Å². The van der Waals surface area contributed by atoms with E-state index in [2.05, 4.69) is 69.0 Å². The second-order valence-electron chi connectivity index (χ2n) is 7.91. The van der Waals surface area contributed by atoms with E-state index in [1.54, 1.807) is 0 Å². The zero-order valence-corrected chi connectivity index (χ0v) is 15.8. The van der Waals surface area contributed by atoms with Crippen LogP contribution >= 0.6 is 0 Å². The molecule has 5 heterocycles. The maximum atomic E-state index is 6.62. The third kappa shape index (κ3) is 1.54. The van der Waals surface area contributed by atoms with Crippen LogP contribution < -0.4 is 0 Å². The largest absolute Gasteiger partial charge is 0.455 e. The van der Waals surface area contributed by atoms with Crippen LogP contribution in [0.4, 0.5) is 0 Å². The predicted molar refractivity (Wildman–Crippen MR) is 121 cm³/mol. The van der Waals surface area contributed by atoms with E-state index >= 15 is 0 Å². The molecule has 0 spiro atoms. The average molecular weight is 383 g/mol. The summed E-state index contributed by atoms with van der Waals surface area (Å²) in [7, 11) is 0. The molecular formula is C26H13N3O. The fraction of sp³-hybridized carbons (Fsp3) is 0. The molecular weight excluding hydrogens is 370 g/mol. The Balaban J connectivity index is 1.82. The van der Waals surface area contributed by atoms with Crippen molar-refractivity contribution in [3.63, 3.8) is 0 Å². The summed E-state index contributed by atoms with van der Waals surface area (Å²) in [5, 5.41) is 9.45. The van der Waals surface area contributed by atoms with E-state index in [4.69, 9.17) is 4.42 Å². The molecule has 8 rings (SSSR count). The Hall–Kier alpha value is -4.18. The number of hydrogen-bond donors (Lipinski definition) is 0. The van der Waals surface area contributed by atoms with Crippen LogP contribution in [0.15, 0.2) is 83.8 Å². The number of hydrogen-bond acceptors (Lipinski definition) is 3. The van der Waals surface area contributed by atoms with Crippen molar-refractivity contribution in [1.82, 2.24) is 14.4 Å².